The number of aromatic amines is 1. The number of aryl methyl sites for hydroxylation is 1. The van der Waals surface area contributed by atoms with E-state index in [0.29, 0.717) is 22.6 Å². The van der Waals surface area contributed by atoms with Crippen LogP contribution >= 0.6 is 0 Å². The third-order valence-electron chi connectivity index (χ3n) is 2.58. The van der Waals surface area contributed by atoms with Gasteiger partial charge in [-0.25, -0.2) is 14.8 Å². The minimum Gasteiger partial charge on any atom is -0.478 e. The van der Waals surface area contributed by atoms with Crippen LogP contribution in [0, 0.1) is 12.8 Å². The topological polar surface area (TPSA) is 78.9 Å². The van der Waals surface area contributed by atoms with Crippen LogP contribution in [0.15, 0.2) is 6.20 Å². The number of aromatic carboxylic acids is 1. The molecule has 0 aliphatic carbocycles. The van der Waals surface area contributed by atoms with Crippen LogP contribution in [-0.4, -0.2) is 26.0 Å². The molecule has 0 saturated carbocycles. The summed E-state index contributed by atoms with van der Waals surface area (Å²) in [5.41, 5.74) is 1.54. The van der Waals surface area contributed by atoms with E-state index in [1.807, 2.05) is 6.92 Å². The van der Waals surface area contributed by atoms with Gasteiger partial charge in [-0.15, -0.1) is 0 Å². The number of fused-ring (bicyclic) bond motifs is 1. The summed E-state index contributed by atoms with van der Waals surface area (Å²) in [7, 11) is 0. The van der Waals surface area contributed by atoms with E-state index in [4.69, 9.17) is 5.11 Å². The lowest BCUT2D eigenvalue weighted by Crippen LogP contribution is -2.04. The van der Waals surface area contributed by atoms with Crippen LogP contribution in [-0.2, 0) is 6.42 Å². The van der Waals surface area contributed by atoms with Crippen LogP contribution < -0.4 is 0 Å². The van der Waals surface area contributed by atoms with Crippen molar-refractivity contribution in [2.45, 2.75) is 27.2 Å². The summed E-state index contributed by atoms with van der Waals surface area (Å²) < 4.78 is 0. The van der Waals surface area contributed by atoms with E-state index in [-0.39, 0.29) is 5.56 Å². The van der Waals surface area contributed by atoms with Crippen LogP contribution in [0.25, 0.3) is 11.0 Å². The molecule has 17 heavy (non-hydrogen) atoms. The Morgan fingerprint density at radius 3 is 2.76 bits per heavy atom. The molecule has 0 amide bonds. The Balaban J connectivity index is 2.57. The Bertz CT molecular complexity index is 572. The molecule has 0 radical (unpaired) electrons. The molecule has 90 valence electrons. The molecule has 0 atom stereocenters. The van der Waals surface area contributed by atoms with Gasteiger partial charge >= 0.3 is 5.97 Å². The monoisotopic (exact) mass is 233 g/mol. The number of carboxylic acid groups (broad SMARTS) is 1. The number of hydrogen-bond acceptors (Lipinski definition) is 3. The standard InChI is InChI=1S/C12H15N3O2/c1-6(2)4-9-14-7(3)10-8(12(16)17)5-13-11(10)15-9/h5-6H,4H2,1-3H3,(H,16,17)(H,13,14,15). The quantitative estimate of drug-likeness (QED) is 0.851. The molecule has 5 nitrogen and oxygen atoms in total. The summed E-state index contributed by atoms with van der Waals surface area (Å²) >= 11 is 0. The van der Waals surface area contributed by atoms with Gasteiger partial charge in [-0.3, -0.25) is 0 Å². The van der Waals surface area contributed by atoms with Crippen molar-refractivity contribution in [3.63, 3.8) is 0 Å². The fraction of sp³-hybridized carbons (Fsp3) is 0.417. The number of carboxylic acids is 1. The highest BCUT2D eigenvalue weighted by Gasteiger charge is 2.15. The van der Waals surface area contributed by atoms with E-state index in [0.717, 1.165) is 12.2 Å². The minimum absolute atomic E-state index is 0.230. The van der Waals surface area contributed by atoms with Gasteiger partial charge in [-0.05, 0) is 12.8 Å². The number of carbonyl (C=O) groups is 1. The van der Waals surface area contributed by atoms with Crippen molar-refractivity contribution in [3.05, 3.63) is 23.3 Å². The molecule has 0 aromatic carbocycles. The first-order valence-corrected chi connectivity index (χ1v) is 5.57. The van der Waals surface area contributed by atoms with E-state index in [1.165, 1.54) is 6.20 Å². The maximum atomic E-state index is 11.0. The third kappa shape index (κ3) is 2.13. The molecule has 2 heterocycles. The lowest BCUT2D eigenvalue weighted by Gasteiger charge is -2.05. The smallest absolute Gasteiger partial charge is 0.338 e. The Kier molecular flexibility index (Phi) is 2.83. The van der Waals surface area contributed by atoms with E-state index in [9.17, 15) is 4.79 Å². The van der Waals surface area contributed by atoms with E-state index < -0.39 is 5.97 Å². The molecule has 0 bridgehead atoms. The Morgan fingerprint density at radius 2 is 2.18 bits per heavy atom. The number of nitrogens with one attached hydrogen (secondary N) is 1. The van der Waals surface area contributed by atoms with Crippen molar-refractivity contribution >= 4 is 17.0 Å². The molecule has 0 saturated heterocycles. The van der Waals surface area contributed by atoms with Crippen molar-refractivity contribution in [3.8, 4) is 0 Å². The highest BCUT2D eigenvalue weighted by Crippen LogP contribution is 2.20. The van der Waals surface area contributed by atoms with Crippen LogP contribution in [0.3, 0.4) is 0 Å². The Morgan fingerprint density at radius 1 is 1.47 bits per heavy atom. The number of nitrogens with zero attached hydrogens (tertiary/aromatic N) is 2. The number of rotatable bonds is 3. The van der Waals surface area contributed by atoms with Gasteiger partial charge in [0.2, 0.25) is 0 Å². The average molecular weight is 233 g/mol. The van der Waals surface area contributed by atoms with Crippen molar-refractivity contribution in [1.82, 2.24) is 15.0 Å². The average Bonchev–Trinajstić information content (AvgIpc) is 2.60. The summed E-state index contributed by atoms with van der Waals surface area (Å²) in [6.45, 7) is 6.01. The maximum Gasteiger partial charge on any atom is 0.338 e. The fourth-order valence-corrected chi connectivity index (χ4v) is 1.90. The van der Waals surface area contributed by atoms with Crippen molar-refractivity contribution in [1.29, 1.82) is 0 Å². The molecule has 2 rings (SSSR count). The molecule has 0 unspecified atom stereocenters. The molecular formula is C12H15N3O2. The SMILES string of the molecule is Cc1nc(CC(C)C)nc2[nH]cc(C(=O)O)c12. The van der Waals surface area contributed by atoms with Crippen LogP contribution in [0.1, 0.15) is 35.7 Å². The van der Waals surface area contributed by atoms with Crippen LogP contribution in [0.2, 0.25) is 0 Å². The second-order valence-electron chi connectivity index (χ2n) is 4.55. The summed E-state index contributed by atoms with van der Waals surface area (Å²) in [6.07, 6.45) is 2.26. The lowest BCUT2D eigenvalue weighted by atomic mass is 10.1. The molecule has 0 fully saturated rings. The van der Waals surface area contributed by atoms with Gasteiger partial charge in [0, 0.05) is 12.6 Å². The zero-order chi connectivity index (χ0) is 12.6. The van der Waals surface area contributed by atoms with Gasteiger partial charge < -0.3 is 10.1 Å². The molecule has 5 heteroatoms. The third-order valence-corrected chi connectivity index (χ3v) is 2.58. The molecule has 2 N–H and O–H groups in total. The summed E-state index contributed by atoms with van der Waals surface area (Å²) in [5, 5.41) is 9.64. The first-order valence-electron chi connectivity index (χ1n) is 5.57. The first kappa shape index (κ1) is 11.6. The summed E-state index contributed by atoms with van der Waals surface area (Å²) in [5.74, 6) is 0.268. The predicted octanol–water partition coefficient (Wildman–Crippen LogP) is 2.16. The highest BCUT2D eigenvalue weighted by molar-refractivity contribution is 6.03. The molecule has 0 aliphatic rings. The van der Waals surface area contributed by atoms with Crippen molar-refractivity contribution < 1.29 is 9.90 Å². The lowest BCUT2D eigenvalue weighted by molar-refractivity contribution is 0.0699. The normalized spacial score (nSPS) is 11.3. The molecule has 2 aromatic heterocycles. The first-order chi connectivity index (χ1) is 7.99. The second kappa shape index (κ2) is 4.16. The zero-order valence-electron chi connectivity index (χ0n) is 10.1. The van der Waals surface area contributed by atoms with E-state index in [2.05, 4.69) is 28.8 Å². The van der Waals surface area contributed by atoms with Gasteiger partial charge in [0.05, 0.1) is 16.6 Å². The summed E-state index contributed by atoms with van der Waals surface area (Å²) in [4.78, 5) is 22.6. The molecular weight excluding hydrogens is 218 g/mol. The highest BCUT2D eigenvalue weighted by atomic mass is 16.4. The van der Waals surface area contributed by atoms with Gasteiger partial charge in [0.15, 0.2) is 0 Å². The maximum absolute atomic E-state index is 11.0. The van der Waals surface area contributed by atoms with Crippen LogP contribution in [0.4, 0.5) is 0 Å². The second-order valence-corrected chi connectivity index (χ2v) is 4.55. The van der Waals surface area contributed by atoms with Crippen molar-refractivity contribution in [2.24, 2.45) is 5.92 Å². The minimum atomic E-state index is -0.959. The predicted molar refractivity (Wildman–Crippen MR) is 64.1 cm³/mol. The molecule has 0 spiro atoms. The number of hydrogen-bond donors (Lipinski definition) is 2. The van der Waals surface area contributed by atoms with Gasteiger partial charge in [-0.2, -0.15) is 0 Å². The molecule has 0 aliphatic heterocycles. The largest absolute Gasteiger partial charge is 0.478 e. The fourth-order valence-electron chi connectivity index (χ4n) is 1.90. The zero-order valence-corrected chi connectivity index (χ0v) is 10.1. The van der Waals surface area contributed by atoms with Crippen LogP contribution in [0.5, 0.6) is 0 Å². The number of aromatic nitrogens is 3. The number of H-pyrrole nitrogens is 1. The Labute approximate surface area is 98.9 Å². The summed E-state index contributed by atoms with van der Waals surface area (Å²) in [6, 6.07) is 0. The van der Waals surface area contributed by atoms with Gasteiger partial charge in [0.25, 0.3) is 0 Å². The van der Waals surface area contributed by atoms with E-state index in [1.54, 1.807) is 0 Å². The Hall–Kier alpha value is -1.91. The van der Waals surface area contributed by atoms with Crippen molar-refractivity contribution in [2.75, 3.05) is 0 Å². The van der Waals surface area contributed by atoms with E-state index >= 15 is 0 Å². The van der Waals surface area contributed by atoms with Gasteiger partial charge in [0.1, 0.15) is 11.5 Å². The van der Waals surface area contributed by atoms with Gasteiger partial charge in [-0.1, -0.05) is 13.8 Å². The molecule has 2 aromatic rings.